The molecule has 0 radical (unpaired) electrons. The number of aliphatic imine (C=N–C) groups is 2. The summed E-state index contributed by atoms with van der Waals surface area (Å²) in [6, 6.07) is 0. The number of allylic oxidation sites excluding steroid dienone is 4. The van der Waals surface area contributed by atoms with Crippen molar-refractivity contribution < 1.29 is 0 Å². The molecule has 2 heteroatoms. The molecule has 0 aromatic rings. The van der Waals surface area contributed by atoms with Crippen LogP contribution in [0.25, 0.3) is 0 Å². The van der Waals surface area contributed by atoms with Gasteiger partial charge in [0.1, 0.15) is 0 Å². The van der Waals surface area contributed by atoms with Gasteiger partial charge in [0.05, 0.1) is 11.4 Å². The molecular formula is C9H12N2. The van der Waals surface area contributed by atoms with Crippen LogP contribution in [0.5, 0.6) is 0 Å². The molecule has 0 atom stereocenters. The van der Waals surface area contributed by atoms with E-state index < -0.39 is 0 Å². The van der Waals surface area contributed by atoms with E-state index in [1.807, 2.05) is 25.2 Å². The lowest BCUT2D eigenvalue weighted by atomic mass is 10.0. The van der Waals surface area contributed by atoms with Gasteiger partial charge in [-0.3, -0.25) is 9.98 Å². The van der Waals surface area contributed by atoms with Gasteiger partial charge in [-0.15, -0.1) is 0 Å². The molecular weight excluding hydrogens is 136 g/mol. The molecule has 0 saturated carbocycles. The molecule has 0 saturated heterocycles. The van der Waals surface area contributed by atoms with Crippen molar-refractivity contribution in [3.63, 3.8) is 0 Å². The summed E-state index contributed by atoms with van der Waals surface area (Å²) in [5, 5.41) is 0. The maximum atomic E-state index is 4.15. The van der Waals surface area contributed by atoms with Gasteiger partial charge < -0.3 is 0 Å². The number of hydrogen-bond donors (Lipinski definition) is 0. The lowest BCUT2D eigenvalue weighted by Crippen LogP contribution is -2.15. The van der Waals surface area contributed by atoms with Crippen molar-refractivity contribution in [3.05, 3.63) is 23.8 Å². The predicted molar refractivity (Wildman–Crippen MR) is 49.6 cm³/mol. The Hall–Kier alpha value is -1.18. The van der Waals surface area contributed by atoms with Crippen molar-refractivity contribution in [2.24, 2.45) is 9.98 Å². The smallest absolute Gasteiger partial charge is 0.0851 e. The van der Waals surface area contributed by atoms with E-state index in [1.165, 1.54) is 5.57 Å². The summed E-state index contributed by atoms with van der Waals surface area (Å²) in [5.41, 5.74) is 3.14. The predicted octanol–water partition coefficient (Wildman–Crippen LogP) is 1.64. The lowest BCUT2D eigenvalue weighted by molar-refractivity contribution is 1.39. The number of nitrogens with zero attached hydrogens (tertiary/aromatic N) is 2. The Kier molecular flexibility index (Phi) is 2.36. The molecule has 58 valence electrons. The van der Waals surface area contributed by atoms with Crippen LogP contribution in [-0.2, 0) is 0 Å². The second-order valence-electron chi connectivity index (χ2n) is 2.39. The van der Waals surface area contributed by atoms with E-state index in [0.717, 1.165) is 11.4 Å². The maximum Gasteiger partial charge on any atom is 0.0851 e. The maximum absolute atomic E-state index is 4.15. The summed E-state index contributed by atoms with van der Waals surface area (Å²) in [4.78, 5) is 8.26. The summed E-state index contributed by atoms with van der Waals surface area (Å²) in [5.74, 6) is 0. The van der Waals surface area contributed by atoms with E-state index >= 15 is 0 Å². The molecule has 0 aliphatic heterocycles. The standard InChI is InChI=1S/C9H12N2/c1-7-5-4-6-8(10-2)9(7)11-3/h4-6H,1-3H3/b10-8-,11-9-. The Bertz CT molecular complexity index is 267. The first-order chi connectivity index (χ1) is 5.29. The first-order valence-corrected chi connectivity index (χ1v) is 3.59. The van der Waals surface area contributed by atoms with Crippen LogP contribution in [0.3, 0.4) is 0 Å². The second-order valence-corrected chi connectivity index (χ2v) is 2.39. The zero-order valence-electron chi connectivity index (χ0n) is 7.13. The molecule has 0 aromatic carbocycles. The fraction of sp³-hybridized carbons (Fsp3) is 0.333. The average Bonchev–Trinajstić information content (AvgIpc) is 2.04. The minimum Gasteiger partial charge on any atom is -0.286 e. The topological polar surface area (TPSA) is 24.7 Å². The summed E-state index contributed by atoms with van der Waals surface area (Å²) >= 11 is 0. The molecule has 0 unspecified atom stereocenters. The minimum atomic E-state index is 0.965. The van der Waals surface area contributed by atoms with Gasteiger partial charge in [0.15, 0.2) is 0 Å². The molecule has 2 nitrogen and oxygen atoms in total. The van der Waals surface area contributed by atoms with Crippen molar-refractivity contribution in [2.75, 3.05) is 14.1 Å². The molecule has 0 aromatic heterocycles. The molecule has 0 fully saturated rings. The highest BCUT2D eigenvalue weighted by Gasteiger charge is 2.08. The summed E-state index contributed by atoms with van der Waals surface area (Å²) in [6.45, 7) is 2.04. The third kappa shape index (κ3) is 1.45. The monoisotopic (exact) mass is 148 g/mol. The Balaban J connectivity index is 3.08. The normalized spacial score (nSPS) is 24.5. The van der Waals surface area contributed by atoms with E-state index in [2.05, 4.69) is 9.98 Å². The molecule has 1 rings (SSSR count). The first-order valence-electron chi connectivity index (χ1n) is 3.59. The van der Waals surface area contributed by atoms with Gasteiger partial charge in [0.2, 0.25) is 0 Å². The fourth-order valence-electron chi connectivity index (χ4n) is 1.11. The van der Waals surface area contributed by atoms with Crippen molar-refractivity contribution in [1.29, 1.82) is 0 Å². The SMILES string of the molecule is C/N=C1/C=CC=C(C)/C1=N/C. The molecule has 0 spiro atoms. The molecule has 0 amide bonds. The van der Waals surface area contributed by atoms with Gasteiger partial charge >= 0.3 is 0 Å². The van der Waals surface area contributed by atoms with Crippen LogP contribution in [0.4, 0.5) is 0 Å². The van der Waals surface area contributed by atoms with Crippen molar-refractivity contribution >= 4 is 11.4 Å². The van der Waals surface area contributed by atoms with Gasteiger partial charge in [0, 0.05) is 14.1 Å². The molecule has 1 aliphatic rings. The molecule has 0 bridgehead atoms. The molecule has 0 heterocycles. The Morgan fingerprint density at radius 3 is 2.36 bits per heavy atom. The van der Waals surface area contributed by atoms with E-state index in [-0.39, 0.29) is 0 Å². The van der Waals surface area contributed by atoms with Crippen LogP contribution < -0.4 is 0 Å². The van der Waals surface area contributed by atoms with Gasteiger partial charge in [-0.1, -0.05) is 12.2 Å². The van der Waals surface area contributed by atoms with Crippen molar-refractivity contribution in [2.45, 2.75) is 6.92 Å². The summed E-state index contributed by atoms with van der Waals surface area (Å²) in [7, 11) is 3.57. The van der Waals surface area contributed by atoms with E-state index in [4.69, 9.17) is 0 Å². The Labute approximate surface area is 67.1 Å². The largest absolute Gasteiger partial charge is 0.286 e. The van der Waals surface area contributed by atoms with Crippen LogP contribution in [-0.4, -0.2) is 25.5 Å². The Morgan fingerprint density at radius 1 is 1.18 bits per heavy atom. The van der Waals surface area contributed by atoms with Gasteiger partial charge in [-0.05, 0) is 18.6 Å². The molecule has 1 aliphatic carbocycles. The van der Waals surface area contributed by atoms with Crippen LogP contribution in [0.1, 0.15) is 6.92 Å². The zero-order valence-corrected chi connectivity index (χ0v) is 7.13. The van der Waals surface area contributed by atoms with Gasteiger partial charge in [0.25, 0.3) is 0 Å². The molecule has 11 heavy (non-hydrogen) atoms. The van der Waals surface area contributed by atoms with Crippen LogP contribution in [0.2, 0.25) is 0 Å². The highest BCUT2D eigenvalue weighted by atomic mass is 14.8. The Morgan fingerprint density at radius 2 is 1.91 bits per heavy atom. The minimum absolute atomic E-state index is 0.965. The van der Waals surface area contributed by atoms with Crippen molar-refractivity contribution in [3.8, 4) is 0 Å². The summed E-state index contributed by atoms with van der Waals surface area (Å²) in [6.07, 6.45) is 6.00. The second kappa shape index (κ2) is 3.28. The van der Waals surface area contributed by atoms with Crippen LogP contribution >= 0.6 is 0 Å². The van der Waals surface area contributed by atoms with E-state index in [0.29, 0.717) is 0 Å². The first kappa shape index (κ1) is 7.92. The lowest BCUT2D eigenvalue weighted by Gasteiger charge is -2.08. The van der Waals surface area contributed by atoms with Crippen LogP contribution in [0.15, 0.2) is 33.8 Å². The molecule has 0 N–H and O–H groups in total. The fourth-order valence-corrected chi connectivity index (χ4v) is 1.11. The highest BCUT2D eigenvalue weighted by molar-refractivity contribution is 6.52. The third-order valence-corrected chi connectivity index (χ3v) is 1.68. The van der Waals surface area contributed by atoms with E-state index in [9.17, 15) is 0 Å². The van der Waals surface area contributed by atoms with Crippen molar-refractivity contribution in [1.82, 2.24) is 0 Å². The quantitative estimate of drug-likeness (QED) is 0.467. The zero-order chi connectivity index (χ0) is 8.27. The number of hydrogen-bond acceptors (Lipinski definition) is 2. The number of rotatable bonds is 0. The summed E-state index contributed by atoms with van der Waals surface area (Å²) < 4.78 is 0. The van der Waals surface area contributed by atoms with Crippen LogP contribution in [0, 0.1) is 0 Å². The van der Waals surface area contributed by atoms with Gasteiger partial charge in [-0.25, -0.2) is 0 Å². The third-order valence-electron chi connectivity index (χ3n) is 1.68. The highest BCUT2D eigenvalue weighted by Crippen LogP contribution is 2.06. The average molecular weight is 148 g/mol. The van der Waals surface area contributed by atoms with E-state index in [1.54, 1.807) is 14.1 Å². The van der Waals surface area contributed by atoms with Gasteiger partial charge in [-0.2, -0.15) is 0 Å².